The second-order valence-corrected chi connectivity index (χ2v) is 3.23. The fourth-order valence-electron chi connectivity index (χ4n) is 1.17. The Morgan fingerprint density at radius 2 is 2.07 bits per heavy atom. The number of rotatable bonds is 5. The molecule has 0 bridgehead atoms. The van der Waals surface area contributed by atoms with E-state index < -0.39 is 0 Å². The van der Waals surface area contributed by atoms with Gasteiger partial charge in [-0.1, -0.05) is 36.9 Å². The van der Waals surface area contributed by atoms with E-state index in [2.05, 4.69) is 29.0 Å². The van der Waals surface area contributed by atoms with Crippen molar-refractivity contribution in [1.82, 2.24) is 5.32 Å². The Labute approximate surface area is 90.7 Å². The largest absolute Gasteiger partial charge is 0.386 e. The summed E-state index contributed by atoms with van der Waals surface area (Å²) < 4.78 is 0. The minimum absolute atomic E-state index is 0.480. The minimum Gasteiger partial charge on any atom is -0.386 e. The average molecular weight is 203 g/mol. The zero-order chi connectivity index (χ0) is 11.1. The number of nitrogens with one attached hydrogen (secondary N) is 1. The van der Waals surface area contributed by atoms with Gasteiger partial charge >= 0.3 is 0 Å². The van der Waals surface area contributed by atoms with Gasteiger partial charge in [-0.05, 0) is 12.0 Å². The number of nitrogens with zero attached hydrogens (tertiary/aromatic N) is 1. The van der Waals surface area contributed by atoms with Crippen LogP contribution >= 0.6 is 0 Å². The van der Waals surface area contributed by atoms with E-state index in [1.54, 1.807) is 7.05 Å². The fourth-order valence-corrected chi connectivity index (χ4v) is 1.17. The minimum atomic E-state index is 0.480. The van der Waals surface area contributed by atoms with Crippen LogP contribution in [0.15, 0.2) is 47.6 Å². The molecule has 0 saturated heterocycles. The molecule has 0 spiro atoms. The average Bonchev–Trinajstić information content (AvgIpc) is 2.29. The van der Waals surface area contributed by atoms with Gasteiger partial charge in [0.1, 0.15) is 5.84 Å². The number of likely N-dealkylation sites (N-methyl/N-ethyl adjacent to an activating group) is 1. The Balaban J connectivity index is 2.42. The highest BCUT2D eigenvalue weighted by molar-refractivity contribution is 5.95. The summed E-state index contributed by atoms with van der Waals surface area (Å²) >= 11 is 0. The standard InChI is InChI=1S/C12H17N3/c1-10(14-2)12(13)15-9-8-11-6-4-3-5-7-11/h3-7,14H,1,8-9H2,2H3,(H2,13,15). The van der Waals surface area contributed by atoms with Crippen LogP contribution in [0.5, 0.6) is 0 Å². The summed E-state index contributed by atoms with van der Waals surface area (Å²) in [7, 11) is 1.78. The maximum absolute atomic E-state index is 5.68. The van der Waals surface area contributed by atoms with Gasteiger partial charge in [-0.2, -0.15) is 0 Å². The van der Waals surface area contributed by atoms with Gasteiger partial charge in [0.25, 0.3) is 0 Å². The van der Waals surface area contributed by atoms with E-state index in [-0.39, 0.29) is 0 Å². The first-order chi connectivity index (χ1) is 7.24. The molecule has 0 unspecified atom stereocenters. The van der Waals surface area contributed by atoms with Crippen LogP contribution in [0.25, 0.3) is 0 Å². The predicted molar refractivity (Wildman–Crippen MR) is 64.8 cm³/mol. The van der Waals surface area contributed by atoms with Crippen LogP contribution in [0.1, 0.15) is 5.56 Å². The third-order valence-corrected chi connectivity index (χ3v) is 2.14. The number of benzene rings is 1. The lowest BCUT2D eigenvalue weighted by atomic mass is 10.2. The highest BCUT2D eigenvalue weighted by atomic mass is 14.9. The van der Waals surface area contributed by atoms with Crippen LogP contribution < -0.4 is 11.1 Å². The van der Waals surface area contributed by atoms with Crippen LogP contribution in [0, 0.1) is 0 Å². The molecule has 0 aliphatic rings. The molecule has 3 N–H and O–H groups in total. The molecule has 0 aromatic heterocycles. The topological polar surface area (TPSA) is 50.4 Å². The lowest BCUT2D eigenvalue weighted by Crippen LogP contribution is -2.23. The number of aliphatic imine (C=N–C) groups is 1. The second-order valence-electron chi connectivity index (χ2n) is 3.23. The van der Waals surface area contributed by atoms with Crippen molar-refractivity contribution in [2.24, 2.45) is 10.7 Å². The smallest absolute Gasteiger partial charge is 0.141 e. The first-order valence-electron chi connectivity index (χ1n) is 4.95. The molecule has 0 aliphatic carbocycles. The Bertz CT molecular complexity index is 341. The third-order valence-electron chi connectivity index (χ3n) is 2.14. The van der Waals surface area contributed by atoms with E-state index >= 15 is 0 Å². The van der Waals surface area contributed by atoms with E-state index in [1.165, 1.54) is 5.56 Å². The van der Waals surface area contributed by atoms with Crippen molar-refractivity contribution in [3.05, 3.63) is 48.2 Å². The molecule has 0 fully saturated rings. The summed E-state index contributed by atoms with van der Waals surface area (Å²) in [4.78, 5) is 4.22. The van der Waals surface area contributed by atoms with Crippen LogP contribution in [0.2, 0.25) is 0 Å². The Kier molecular flexibility index (Phi) is 4.41. The van der Waals surface area contributed by atoms with Gasteiger partial charge in [-0.15, -0.1) is 0 Å². The van der Waals surface area contributed by atoms with Crippen molar-refractivity contribution in [3.8, 4) is 0 Å². The fraction of sp³-hybridized carbons (Fsp3) is 0.250. The Morgan fingerprint density at radius 1 is 1.40 bits per heavy atom. The zero-order valence-corrected chi connectivity index (χ0v) is 9.03. The summed E-state index contributed by atoms with van der Waals surface area (Å²) in [6.07, 6.45) is 0.901. The van der Waals surface area contributed by atoms with Crippen LogP contribution in [-0.4, -0.2) is 19.4 Å². The number of hydrogen-bond donors (Lipinski definition) is 2. The van der Waals surface area contributed by atoms with Gasteiger partial charge in [0, 0.05) is 13.6 Å². The first-order valence-corrected chi connectivity index (χ1v) is 4.95. The van der Waals surface area contributed by atoms with Crippen LogP contribution in [0.3, 0.4) is 0 Å². The van der Waals surface area contributed by atoms with Gasteiger partial charge < -0.3 is 11.1 Å². The molecule has 0 radical (unpaired) electrons. The van der Waals surface area contributed by atoms with Gasteiger partial charge in [-0.3, -0.25) is 4.99 Å². The quantitative estimate of drug-likeness (QED) is 0.560. The third kappa shape index (κ3) is 3.85. The molecule has 0 saturated carbocycles. The molecule has 1 aromatic rings. The Hall–Kier alpha value is -1.77. The van der Waals surface area contributed by atoms with Gasteiger partial charge in [0.05, 0.1) is 5.70 Å². The molecule has 3 nitrogen and oxygen atoms in total. The van der Waals surface area contributed by atoms with E-state index in [0.29, 0.717) is 18.1 Å². The van der Waals surface area contributed by atoms with E-state index in [0.717, 1.165) is 6.42 Å². The van der Waals surface area contributed by atoms with Gasteiger partial charge in [0.15, 0.2) is 0 Å². The highest BCUT2D eigenvalue weighted by Crippen LogP contribution is 1.99. The van der Waals surface area contributed by atoms with Crippen molar-refractivity contribution in [2.75, 3.05) is 13.6 Å². The summed E-state index contributed by atoms with van der Waals surface area (Å²) in [6.45, 7) is 4.42. The van der Waals surface area contributed by atoms with Crippen molar-refractivity contribution < 1.29 is 0 Å². The molecular weight excluding hydrogens is 186 g/mol. The summed E-state index contributed by atoms with van der Waals surface area (Å²) in [5.41, 5.74) is 7.62. The summed E-state index contributed by atoms with van der Waals surface area (Å²) in [6, 6.07) is 10.2. The molecular formula is C12H17N3. The van der Waals surface area contributed by atoms with Crippen molar-refractivity contribution in [3.63, 3.8) is 0 Å². The zero-order valence-electron chi connectivity index (χ0n) is 9.03. The monoisotopic (exact) mass is 203 g/mol. The maximum atomic E-state index is 5.68. The van der Waals surface area contributed by atoms with E-state index in [4.69, 9.17) is 5.73 Å². The van der Waals surface area contributed by atoms with Crippen LogP contribution in [0.4, 0.5) is 0 Å². The molecule has 15 heavy (non-hydrogen) atoms. The number of amidine groups is 1. The SMILES string of the molecule is C=C(NC)C(N)=NCCc1ccccc1. The number of hydrogen-bond acceptors (Lipinski definition) is 2. The molecule has 80 valence electrons. The molecule has 0 heterocycles. The molecule has 1 aromatic carbocycles. The van der Waals surface area contributed by atoms with Crippen LogP contribution in [-0.2, 0) is 6.42 Å². The predicted octanol–water partition coefficient (Wildman–Crippen LogP) is 1.32. The molecule has 0 atom stereocenters. The van der Waals surface area contributed by atoms with Crippen molar-refractivity contribution in [1.29, 1.82) is 0 Å². The van der Waals surface area contributed by atoms with Gasteiger partial charge in [0.2, 0.25) is 0 Å². The van der Waals surface area contributed by atoms with E-state index in [9.17, 15) is 0 Å². The first kappa shape index (κ1) is 11.3. The summed E-state index contributed by atoms with van der Waals surface area (Å²) in [5, 5.41) is 2.86. The Morgan fingerprint density at radius 3 is 2.67 bits per heavy atom. The molecule has 0 amide bonds. The van der Waals surface area contributed by atoms with Gasteiger partial charge in [-0.25, -0.2) is 0 Å². The lowest BCUT2D eigenvalue weighted by molar-refractivity contribution is 0.955. The van der Waals surface area contributed by atoms with E-state index in [1.807, 2.05) is 18.2 Å². The van der Waals surface area contributed by atoms with Crippen molar-refractivity contribution in [2.45, 2.75) is 6.42 Å². The maximum Gasteiger partial charge on any atom is 0.141 e. The van der Waals surface area contributed by atoms with Crippen molar-refractivity contribution >= 4 is 5.84 Å². The molecule has 3 heteroatoms. The lowest BCUT2D eigenvalue weighted by Gasteiger charge is -2.03. The molecule has 0 aliphatic heterocycles. The summed E-state index contributed by atoms with van der Waals surface area (Å²) in [5.74, 6) is 0.480. The normalized spacial score (nSPS) is 11.1. The number of nitrogens with two attached hydrogens (primary N) is 1. The second kappa shape index (κ2) is 5.86. The highest BCUT2D eigenvalue weighted by Gasteiger charge is 1.95. The molecule has 1 rings (SSSR count).